The van der Waals surface area contributed by atoms with E-state index in [1.54, 1.807) is 0 Å². The number of hydrogen-bond acceptors (Lipinski definition) is 3. The lowest BCUT2D eigenvalue weighted by Crippen LogP contribution is -2.47. The molecular weight excluding hydrogens is 192 g/mol. The van der Waals surface area contributed by atoms with Gasteiger partial charge in [-0.05, 0) is 39.8 Å². The number of nitrogens with zero attached hydrogens (tertiary/aromatic N) is 2. The molecule has 1 saturated heterocycles. The second kappa shape index (κ2) is 4.39. The van der Waals surface area contributed by atoms with Crippen molar-refractivity contribution in [2.45, 2.75) is 37.8 Å². The lowest BCUT2D eigenvalue weighted by atomic mass is 10.1. The summed E-state index contributed by atoms with van der Waals surface area (Å²) < 4.78 is 5.30. The first-order valence-electron chi connectivity index (χ1n) is 5.79. The molecule has 1 aliphatic carbocycles. The van der Waals surface area contributed by atoms with Gasteiger partial charge in [-0.1, -0.05) is 0 Å². The second-order valence-corrected chi connectivity index (χ2v) is 4.79. The van der Waals surface area contributed by atoms with Crippen LogP contribution < -0.4 is 0 Å². The molecule has 1 saturated carbocycles. The summed E-state index contributed by atoms with van der Waals surface area (Å²) in [7, 11) is 4.14. The minimum atomic E-state index is -0.107. The van der Waals surface area contributed by atoms with E-state index in [0.717, 1.165) is 32.4 Å². The molecule has 1 aliphatic heterocycles. The van der Waals surface area contributed by atoms with Crippen molar-refractivity contribution >= 4 is 6.09 Å². The molecule has 1 amide bonds. The lowest BCUT2D eigenvalue weighted by molar-refractivity contribution is 0.0712. The second-order valence-electron chi connectivity index (χ2n) is 4.79. The topological polar surface area (TPSA) is 32.8 Å². The minimum absolute atomic E-state index is 0.107. The standard InChI is InChI=1S/C11H20N2O2/c1-12(2)9-4-3-7-13(8-9)11(14)15-10-5-6-10/h9-10H,3-8H2,1-2H3. The molecule has 2 rings (SSSR count). The van der Waals surface area contributed by atoms with E-state index >= 15 is 0 Å². The highest BCUT2D eigenvalue weighted by Crippen LogP contribution is 2.25. The molecule has 0 aromatic heterocycles. The summed E-state index contributed by atoms with van der Waals surface area (Å²) in [4.78, 5) is 15.7. The predicted molar refractivity (Wildman–Crippen MR) is 57.8 cm³/mol. The highest BCUT2D eigenvalue weighted by atomic mass is 16.6. The van der Waals surface area contributed by atoms with E-state index in [1.165, 1.54) is 6.42 Å². The van der Waals surface area contributed by atoms with Crippen LogP contribution in [-0.2, 0) is 4.74 Å². The van der Waals surface area contributed by atoms with E-state index in [1.807, 2.05) is 4.90 Å². The summed E-state index contributed by atoms with van der Waals surface area (Å²) in [5.74, 6) is 0. The van der Waals surface area contributed by atoms with Crippen molar-refractivity contribution in [3.63, 3.8) is 0 Å². The number of carbonyl (C=O) groups is 1. The maximum Gasteiger partial charge on any atom is 0.410 e. The fourth-order valence-corrected chi connectivity index (χ4v) is 1.95. The molecule has 86 valence electrons. The first kappa shape index (κ1) is 10.7. The molecule has 0 N–H and O–H groups in total. The molecule has 15 heavy (non-hydrogen) atoms. The van der Waals surface area contributed by atoms with Gasteiger partial charge in [0.15, 0.2) is 0 Å². The zero-order valence-electron chi connectivity index (χ0n) is 9.61. The van der Waals surface area contributed by atoms with Crippen LogP contribution in [0.2, 0.25) is 0 Å². The summed E-state index contributed by atoms with van der Waals surface area (Å²) >= 11 is 0. The summed E-state index contributed by atoms with van der Waals surface area (Å²) in [6.45, 7) is 1.68. The average Bonchev–Trinajstić information content (AvgIpc) is 3.02. The SMILES string of the molecule is CN(C)C1CCCN(C(=O)OC2CC2)C1. The van der Waals surface area contributed by atoms with Gasteiger partial charge < -0.3 is 14.5 Å². The molecule has 4 heteroatoms. The summed E-state index contributed by atoms with van der Waals surface area (Å²) in [6.07, 6.45) is 4.48. The van der Waals surface area contributed by atoms with Gasteiger partial charge in [0.2, 0.25) is 0 Å². The number of rotatable bonds is 2. The molecule has 1 heterocycles. The molecule has 0 bridgehead atoms. The van der Waals surface area contributed by atoms with Crippen molar-refractivity contribution in [1.29, 1.82) is 0 Å². The van der Waals surface area contributed by atoms with Gasteiger partial charge in [-0.25, -0.2) is 4.79 Å². The Kier molecular flexibility index (Phi) is 3.14. The average molecular weight is 212 g/mol. The third-order valence-electron chi connectivity index (χ3n) is 3.18. The van der Waals surface area contributed by atoms with Crippen molar-refractivity contribution in [3.05, 3.63) is 0 Å². The lowest BCUT2D eigenvalue weighted by Gasteiger charge is -2.35. The normalized spacial score (nSPS) is 26.9. The zero-order chi connectivity index (χ0) is 10.8. The number of piperidine rings is 1. The molecule has 1 atom stereocenters. The van der Waals surface area contributed by atoms with Crippen molar-refractivity contribution in [1.82, 2.24) is 9.80 Å². The van der Waals surface area contributed by atoms with E-state index in [4.69, 9.17) is 4.74 Å². The largest absolute Gasteiger partial charge is 0.446 e. The monoisotopic (exact) mass is 212 g/mol. The minimum Gasteiger partial charge on any atom is -0.446 e. The zero-order valence-corrected chi connectivity index (χ0v) is 9.61. The molecule has 2 fully saturated rings. The van der Waals surface area contributed by atoms with Crippen LogP contribution in [0, 0.1) is 0 Å². The van der Waals surface area contributed by atoms with Crippen LogP contribution in [0.15, 0.2) is 0 Å². The maximum absolute atomic E-state index is 11.7. The van der Waals surface area contributed by atoms with Crippen molar-refractivity contribution in [3.8, 4) is 0 Å². The van der Waals surface area contributed by atoms with E-state index < -0.39 is 0 Å². The Morgan fingerprint density at radius 1 is 1.33 bits per heavy atom. The highest BCUT2D eigenvalue weighted by Gasteiger charge is 2.31. The molecule has 2 aliphatic rings. The number of amides is 1. The van der Waals surface area contributed by atoms with Gasteiger partial charge in [-0.15, -0.1) is 0 Å². The number of likely N-dealkylation sites (tertiary alicyclic amines) is 1. The van der Waals surface area contributed by atoms with E-state index in [-0.39, 0.29) is 12.2 Å². The van der Waals surface area contributed by atoms with Crippen LogP contribution in [-0.4, -0.2) is 55.2 Å². The van der Waals surface area contributed by atoms with Gasteiger partial charge in [-0.2, -0.15) is 0 Å². The van der Waals surface area contributed by atoms with Crippen LogP contribution in [0.1, 0.15) is 25.7 Å². The highest BCUT2D eigenvalue weighted by molar-refractivity contribution is 5.68. The third-order valence-corrected chi connectivity index (χ3v) is 3.18. The summed E-state index contributed by atoms with van der Waals surface area (Å²) in [5.41, 5.74) is 0. The molecule has 0 aromatic carbocycles. The first-order valence-corrected chi connectivity index (χ1v) is 5.79. The van der Waals surface area contributed by atoms with Crippen LogP contribution in [0.4, 0.5) is 4.79 Å². The van der Waals surface area contributed by atoms with Gasteiger partial charge >= 0.3 is 6.09 Å². The predicted octanol–water partition coefficient (Wildman–Crippen LogP) is 1.31. The Bertz CT molecular complexity index is 239. The van der Waals surface area contributed by atoms with Crippen molar-refractivity contribution < 1.29 is 9.53 Å². The fraction of sp³-hybridized carbons (Fsp3) is 0.909. The molecule has 4 nitrogen and oxygen atoms in total. The molecule has 0 spiro atoms. The van der Waals surface area contributed by atoms with Gasteiger partial charge in [0.25, 0.3) is 0 Å². The Morgan fingerprint density at radius 2 is 2.07 bits per heavy atom. The van der Waals surface area contributed by atoms with Crippen LogP contribution >= 0.6 is 0 Å². The number of hydrogen-bond donors (Lipinski definition) is 0. The van der Waals surface area contributed by atoms with Crippen molar-refractivity contribution in [2.24, 2.45) is 0 Å². The van der Waals surface area contributed by atoms with Gasteiger partial charge in [0.05, 0.1) is 0 Å². The quantitative estimate of drug-likeness (QED) is 0.692. The number of likely N-dealkylation sites (N-methyl/N-ethyl adjacent to an activating group) is 1. The Balaban J connectivity index is 1.82. The fourth-order valence-electron chi connectivity index (χ4n) is 1.95. The Hall–Kier alpha value is -0.770. The molecule has 0 aromatic rings. The smallest absolute Gasteiger partial charge is 0.410 e. The molecule has 1 unspecified atom stereocenters. The van der Waals surface area contributed by atoms with Gasteiger partial charge in [-0.3, -0.25) is 0 Å². The van der Waals surface area contributed by atoms with Gasteiger partial charge in [0.1, 0.15) is 6.10 Å². The maximum atomic E-state index is 11.7. The number of carbonyl (C=O) groups excluding carboxylic acids is 1. The van der Waals surface area contributed by atoms with E-state index in [2.05, 4.69) is 19.0 Å². The van der Waals surface area contributed by atoms with Gasteiger partial charge in [0, 0.05) is 19.1 Å². The Morgan fingerprint density at radius 3 is 2.67 bits per heavy atom. The van der Waals surface area contributed by atoms with E-state index in [0.29, 0.717) is 6.04 Å². The Labute approximate surface area is 91.2 Å². The van der Waals surface area contributed by atoms with Crippen LogP contribution in [0.5, 0.6) is 0 Å². The molecule has 0 radical (unpaired) electrons. The summed E-state index contributed by atoms with van der Waals surface area (Å²) in [5, 5.41) is 0. The third kappa shape index (κ3) is 2.84. The number of ether oxygens (including phenoxy) is 1. The van der Waals surface area contributed by atoms with E-state index in [9.17, 15) is 4.79 Å². The van der Waals surface area contributed by atoms with Crippen LogP contribution in [0.3, 0.4) is 0 Å². The van der Waals surface area contributed by atoms with Crippen molar-refractivity contribution in [2.75, 3.05) is 27.2 Å². The summed E-state index contributed by atoms with van der Waals surface area (Å²) in [6, 6.07) is 0.491. The van der Waals surface area contributed by atoms with Crippen LogP contribution in [0.25, 0.3) is 0 Å². The molecular formula is C11H20N2O2. The first-order chi connectivity index (χ1) is 7.16.